The Morgan fingerprint density at radius 2 is 1.95 bits per heavy atom. The highest BCUT2D eigenvalue weighted by Crippen LogP contribution is 2.11. The standard InChI is InChI=1S/C16H17N3O2/c1-2-21-13-9-7-12(8-10-13)11-18-19-16(20)14-5-3-4-6-15(14)17/h3-11H,2,17H2,1H3,(H,19,20)/b18-11+. The lowest BCUT2D eigenvalue weighted by molar-refractivity contribution is 0.0956. The molecule has 3 N–H and O–H groups in total. The molecule has 0 aliphatic carbocycles. The van der Waals surface area contributed by atoms with Crippen molar-refractivity contribution in [3.05, 3.63) is 59.7 Å². The molecule has 5 nitrogen and oxygen atoms in total. The second-order valence-electron chi connectivity index (χ2n) is 4.29. The maximum absolute atomic E-state index is 11.9. The number of hydrogen-bond donors (Lipinski definition) is 2. The van der Waals surface area contributed by atoms with Gasteiger partial charge >= 0.3 is 0 Å². The summed E-state index contributed by atoms with van der Waals surface area (Å²) >= 11 is 0. The van der Waals surface area contributed by atoms with Crippen molar-refractivity contribution in [3.8, 4) is 5.75 Å². The zero-order chi connectivity index (χ0) is 15.1. The smallest absolute Gasteiger partial charge is 0.273 e. The van der Waals surface area contributed by atoms with Gasteiger partial charge in [-0.15, -0.1) is 0 Å². The minimum Gasteiger partial charge on any atom is -0.494 e. The first kappa shape index (κ1) is 14.6. The Hall–Kier alpha value is -2.82. The minimum absolute atomic E-state index is 0.338. The van der Waals surface area contributed by atoms with Gasteiger partial charge in [0, 0.05) is 5.69 Å². The van der Waals surface area contributed by atoms with Crippen molar-refractivity contribution in [1.82, 2.24) is 5.43 Å². The molecule has 0 saturated heterocycles. The highest BCUT2D eigenvalue weighted by molar-refractivity contribution is 5.99. The lowest BCUT2D eigenvalue weighted by Crippen LogP contribution is -2.18. The number of ether oxygens (including phenoxy) is 1. The van der Waals surface area contributed by atoms with Gasteiger partial charge in [0.1, 0.15) is 5.75 Å². The normalized spacial score (nSPS) is 10.5. The molecule has 0 fully saturated rings. The van der Waals surface area contributed by atoms with Crippen molar-refractivity contribution >= 4 is 17.8 Å². The van der Waals surface area contributed by atoms with Crippen LogP contribution in [0.1, 0.15) is 22.8 Å². The highest BCUT2D eigenvalue weighted by Gasteiger charge is 2.06. The molecule has 2 aromatic rings. The zero-order valence-electron chi connectivity index (χ0n) is 11.7. The first-order valence-corrected chi connectivity index (χ1v) is 6.61. The fourth-order valence-corrected chi connectivity index (χ4v) is 1.75. The third kappa shape index (κ3) is 4.07. The van der Waals surface area contributed by atoms with E-state index in [1.54, 1.807) is 30.5 Å². The van der Waals surface area contributed by atoms with Crippen LogP contribution in [0.3, 0.4) is 0 Å². The Morgan fingerprint density at radius 1 is 1.24 bits per heavy atom. The molecule has 0 saturated carbocycles. The van der Waals surface area contributed by atoms with Gasteiger partial charge in [0.05, 0.1) is 18.4 Å². The number of para-hydroxylation sites is 1. The molecule has 2 aromatic carbocycles. The van der Waals surface area contributed by atoms with Gasteiger partial charge in [-0.3, -0.25) is 4.79 Å². The molecule has 0 aromatic heterocycles. The molecule has 108 valence electrons. The number of anilines is 1. The van der Waals surface area contributed by atoms with Crippen molar-refractivity contribution in [2.45, 2.75) is 6.92 Å². The summed E-state index contributed by atoms with van der Waals surface area (Å²) in [6.07, 6.45) is 1.56. The summed E-state index contributed by atoms with van der Waals surface area (Å²) < 4.78 is 5.35. The molecule has 0 unspecified atom stereocenters. The Balaban J connectivity index is 1.96. The van der Waals surface area contributed by atoms with Gasteiger partial charge in [0.25, 0.3) is 5.91 Å². The lowest BCUT2D eigenvalue weighted by Gasteiger charge is -2.03. The van der Waals surface area contributed by atoms with E-state index >= 15 is 0 Å². The molecule has 5 heteroatoms. The Kier molecular flexibility index (Phi) is 4.93. The quantitative estimate of drug-likeness (QED) is 0.502. The number of nitrogens with zero attached hydrogens (tertiary/aromatic N) is 1. The van der Waals surface area contributed by atoms with Crippen LogP contribution < -0.4 is 15.9 Å². The summed E-state index contributed by atoms with van der Waals surface area (Å²) in [5.41, 5.74) is 9.86. The van der Waals surface area contributed by atoms with Gasteiger partial charge < -0.3 is 10.5 Å². The Bertz CT molecular complexity index is 636. The molecule has 0 atom stereocenters. The van der Waals surface area contributed by atoms with Crippen LogP contribution in [0.4, 0.5) is 5.69 Å². The van der Waals surface area contributed by atoms with E-state index in [4.69, 9.17) is 10.5 Å². The number of hydrogen-bond acceptors (Lipinski definition) is 4. The van der Waals surface area contributed by atoms with Crippen LogP contribution in [-0.2, 0) is 0 Å². The van der Waals surface area contributed by atoms with E-state index in [-0.39, 0.29) is 5.91 Å². The van der Waals surface area contributed by atoms with Crippen LogP contribution in [0.15, 0.2) is 53.6 Å². The van der Waals surface area contributed by atoms with Crippen LogP contribution in [0.5, 0.6) is 5.75 Å². The molecular weight excluding hydrogens is 266 g/mol. The summed E-state index contributed by atoms with van der Waals surface area (Å²) in [7, 11) is 0. The Morgan fingerprint density at radius 3 is 2.62 bits per heavy atom. The van der Waals surface area contributed by atoms with Crippen molar-refractivity contribution in [3.63, 3.8) is 0 Å². The molecule has 0 bridgehead atoms. The average Bonchev–Trinajstić information content (AvgIpc) is 2.49. The van der Waals surface area contributed by atoms with Crippen LogP contribution in [-0.4, -0.2) is 18.7 Å². The second kappa shape index (κ2) is 7.09. The summed E-state index contributed by atoms with van der Waals surface area (Å²) in [6, 6.07) is 14.3. The van der Waals surface area contributed by atoms with E-state index < -0.39 is 0 Å². The van der Waals surface area contributed by atoms with Crippen molar-refractivity contribution in [2.75, 3.05) is 12.3 Å². The zero-order valence-corrected chi connectivity index (χ0v) is 11.7. The predicted molar refractivity (Wildman–Crippen MR) is 83.5 cm³/mol. The van der Waals surface area contributed by atoms with E-state index in [0.29, 0.717) is 17.9 Å². The summed E-state index contributed by atoms with van der Waals surface area (Å²) in [6.45, 7) is 2.56. The van der Waals surface area contributed by atoms with Crippen LogP contribution in [0.2, 0.25) is 0 Å². The number of rotatable bonds is 5. The van der Waals surface area contributed by atoms with Crippen molar-refractivity contribution in [1.29, 1.82) is 0 Å². The van der Waals surface area contributed by atoms with Gasteiger partial charge in [-0.1, -0.05) is 12.1 Å². The van der Waals surface area contributed by atoms with Crippen LogP contribution in [0.25, 0.3) is 0 Å². The molecule has 0 heterocycles. The first-order valence-electron chi connectivity index (χ1n) is 6.61. The molecular formula is C16H17N3O2. The second-order valence-corrected chi connectivity index (χ2v) is 4.29. The van der Waals surface area contributed by atoms with Crippen LogP contribution in [0, 0.1) is 0 Å². The van der Waals surface area contributed by atoms with E-state index in [1.165, 1.54) is 0 Å². The number of carbonyl (C=O) groups excluding carboxylic acids is 1. The largest absolute Gasteiger partial charge is 0.494 e. The molecule has 0 aliphatic rings. The predicted octanol–water partition coefficient (Wildman–Crippen LogP) is 2.43. The fraction of sp³-hybridized carbons (Fsp3) is 0.125. The summed E-state index contributed by atoms with van der Waals surface area (Å²) in [5.74, 6) is 0.464. The van der Waals surface area contributed by atoms with Crippen LogP contribution >= 0.6 is 0 Å². The van der Waals surface area contributed by atoms with Crippen molar-refractivity contribution in [2.24, 2.45) is 5.10 Å². The maximum atomic E-state index is 11.9. The maximum Gasteiger partial charge on any atom is 0.273 e. The molecule has 0 radical (unpaired) electrons. The summed E-state index contributed by atoms with van der Waals surface area (Å²) in [5, 5.41) is 3.91. The summed E-state index contributed by atoms with van der Waals surface area (Å²) in [4.78, 5) is 11.9. The van der Waals surface area contributed by atoms with Gasteiger partial charge in [-0.25, -0.2) is 5.43 Å². The van der Waals surface area contributed by atoms with E-state index in [1.807, 2.05) is 31.2 Å². The van der Waals surface area contributed by atoms with Gasteiger partial charge in [0.2, 0.25) is 0 Å². The number of nitrogens with two attached hydrogens (primary N) is 1. The number of benzene rings is 2. The van der Waals surface area contributed by atoms with Gasteiger partial charge in [0.15, 0.2) is 0 Å². The number of carbonyl (C=O) groups is 1. The van der Waals surface area contributed by atoms with E-state index in [9.17, 15) is 4.79 Å². The fourth-order valence-electron chi connectivity index (χ4n) is 1.75. The number of hydrazone groups is 1. The molecule has 21 heavy (non-hydrogen) atoms. The average molecular weight is 283 g/mol. The van der Waals surface area contributed by atoms with E-state index in [0.717, 1.165) is 11.3 Å². The molecule has 0 spiro atoms. The van der Waals surface area contributed by atoms with Gasteiger partial charge in [-0.2, -0.15) is 5.10 Å². The van der Waals surface area contributed by atoms with Gasteiger partial charge in [-0.05, 0) is 48.9 Å². The molecule has 0 aliphatic heterocycles. The SMILES string of the molecule is CCOc1ccc(/C=N/NC(=O)c2ccccc2N)cc1. The topological polar surface area (TPSA) is 76.7 Å². The minimum atomic E-state index is -0.338. The molecule has 1 amide bonds. The third-order valence-electron chi connectivity index (χ3n) is 2.78. The van der Waals surface area contributed by atoms with Crippen molar-refractivity contribution < 1.29 is 9.53 Å². The molecule has 2 rings (SSSR count). The number of amides is 1. The third-order valence-corrected chi connectivity index (χ3v) is 2.78. The Labute approximate surface area is 123 Å². The number of nitrogen functional groups attached to an aromatic ring is 1. The van der Waals surface area contributed by atoms with E-state index in [2.05, 4.69) is 10.5 Å². The monoisotopic (exact) mass is 283 g/mol. The first-order chi connectivity index (χ1) is 10.2. The lowest BCUT2D eigenvalue weighted by atomic mass is 10.2. The highest BCUT2D eigenvalue weighted by atomic mass is 16.5. The number of nitrogens with one attached hydrogen (secondary N) is 1.